The number of likely N-dealkylation sites (tertiary alicyclic amines) is 1. The highest BCUT2D eigenvalue weighted by Gasteiger charge is 2.31. The minimum atomic E-state index is -0.166. The molecule has 1 saturated heterocycles. The van der Waals surface area contributed by atoms with Crippen LogP contribution in [0, 0.1) is 12.8 Å². The Morgan fingerprint density at radius 3 is 2.30 bits per heavy atom. The van der Waals surface area contributed by atoms with E-state index in [9.17, 15) is 14.4 Å². The molecule has 0 unspecified atom stereocenters. The van der Waals surface area contributed by atoms with Gasteiger partial charge in [-0.3, -0.25) is 14.4 Å². The summed E-state index contributed by atoms with van der Waals surface area (Å²) >= 11 is 0. The van der Waals surface area contributed by atoms with Crippen molar-refractivity contribution in [2.45, 2.75) is 33.6 Å². The molecule has 0 N–H and O–H groups in total. The van der Waals surface area contributed by atoms with Crippen molar-refractivity contribution in [2.24, 2.45) is 5.92 Å². The number of hydrogen-bond donors (Lipinski definition) is 0. The van der Waals surface area contributed by atoms with Gasteiger partial charge in [0.2, 0.25) is 5.91 Å². The van der Waals surface area contributed by atoms with Crippen LogP contribution >= 0.6 is 0 Å². The predicted molar refractivity (Wildman–Crippen MR) is 129 cm³/mol. The third kappa shape index (κ3) is 4.30. The number of hydrogen-bond acceptors (Lipinski definition) is 4. The maximum absolute atomic E-state index is 13.4. The van der Waals surface area contributed by atoms with E-state index in [4.69, 9.17) is 4.42 Å². The summed E-state index contributed by atoms with van der Waals surface area (Å²) in [5, 5.41) is 0.407. The average molecular weight is 447 g/mol. The lowest BCUT2D eigenvalue weighted by molar-refractivity contribution is -0.136. The normalized spacial score (nSPS) is 14.5. The first-order chi connectivity index (χ1) is 16.0. The van der Waals surface area contributed by atoms with Crippen molar-refractivity contribution in [3.63, 3.8) is 0 Å². The lowest BCUT2D eigenvalue weighted by Gasteiger charge is -2.33. The molecule has 0 bridgehead atoms. The molecule has 2 aromatic carbocycles. The Balaban J connectivity index is 1.64. The van der Waals surface area contributed by atoms with Gasteiger partial charge in [-0.05, 0) is 45.7 Å². The molecular formula is C27H30N2O4. The number of amides is 2. The van der Waals surface area contributed by atoms with Crippen LogP contribution in [0.2, 0.25) is 0 Å². The zero-order chi connectivity index (χ0) is 23.5. The highest BCUT2D eigenvalue weighted by molar-refractivity contribution is 6.05. The minimum Gasteiger partial charge on any atom is -0.455 e. The lowest BCUT2D eigenvalue weighted by atomic mass is 9.94. The summed E-state index contributed by atoms with van der Waals surface area (Å²) in [7, 11) is 0. The monoisotopic (exact) mass is 446 g/mol. The highest BCUT2D eigenvalue weighted by atomic mass is 16.3. The van der Waals surface area contributed by atoms with Crippen molar-refractivity contribution in [1.82, 2.24) is 9.80 Å². The number of nitrogens with zero attached hydrogens (tertiary/aromatic N) is 2. The van der Waals surface area contributed by atoms with Gasteiger partial charge in [0.05, 0.1) is 10.9 Å². The van der Waals surface area contributed by atoms with Gasteiger partial charge >= 0.3 is 0 Å². The van der Waals surface area contributed by atoms with Gasteiger partial charge in [0, 0.05) is 43.2 Å². The third-order valence-electron chi connectivity index (χ3n) is 6.62. The SMILES string of the molecule is CCN(CC)C(=O)C1CCN(C(=O)c2cccc3c(=O)c(C)c(-c4ccccc4)oc23)CC1. The molecule has 1 aromatic heterocycles. The van der Waals surface area contributed by atoms with Gasteiger partial charge in [0.1, 0.15) is 5.76 Å². The summed E-state index contributed by atoms with van der Waals surface area (Å²) in [5.41, 5.74) is 1.89. The molecule has 3 aromatic rings. The topological polar surface area (TPSA) is 70.8 Å². The summed E-state index contributed by atoms with van der Waals surface area (Å²) in [4.78, 5) is 42.9. The number of fused-ring (bicyclic) bond motifs is 1. The van der Waals surface area contributed by atoms with Gasteiger partial charge in [-0.25, -0.2) is 0 Å². The molecule has 1 fully saturated rings. The van der Waals surface area contributed by atoms with Crippen LogP contribution in [0.3, 0.4) is 0 Å². The fraction of sp³-hybridized carbons (Fsp3) is 0.370. The Bertz CT molecular complexity index is 1220. The van der Waals surface area contributed by atoms with E-state index < -0.39 is 0 Å². The fourth-order valence-electron chi connectivity index (χ4n) is 4.64. The molecule has 0 aliphatic carbocycles. The van der Waals surface area contributed by atoms with Crippen LogP contribution in [0.1, 0.15) is 42.6 Å². The highest BCUT2D eigenvalue weighted by Crippen LogP contribution is 2.29. The van der Waals surface area contributed by atoms with E-state index in [1.807, 2.05) is 49.1 Å². The van der Waals surface area contributed by atoms with Crippen molar-refractivity contribution < 1.29 is 14.0 Å². The Hall–Kier alpha value is -3.41. The molecule has 0 spiro atoms. The van der Waals surface area contributed by atoms with Gasteiger partial charge in [-0.15, -0.1) is 0 Å². The Labute approximate surface area is 193 Å². The van der Waals surface area contributed by atoms with Gasteiger partial charge in [-0.1, -0.05) is 36.4 Å². The quantitative estimate of drug-likeness (QED) is 0.579. The second-order valence-electron chi connectivity index (χ2n) is 8.51. The molecule has 1 aliphatic rings. The Morgan fingerprint density at radius 1 is 1.00 bits per heavy atom. The van der Waals surface area contributed by atoms with Gasteiger partial charge in [-0.2, -0.15) is 0 Å². The molecule has 6 heteroatoms. The largest absolute Gasteiger partial charge is 0.455 e. The van der Waals surface area contributed by atoms with Crippen LogP contribution in [0.5, 0.6) is 0 Å². The van der Waals surface area contributed by atoms with Gasteiger partial charge < -0.3 is 14.2 Å². The number of rotatable bonds is 5. The van der Waals surface area contributed by atoms with Crippen LogP contribution in [0.15, 0.2) is 57.7 Å². The first kappa shape index (κ1) is 22.8. The molecular weight excluding hydrogens is 416 g/mol. The molecule has 0 radical (unpaired) electrons. The standard InChI is InChI=1S/C27H30N2O4/c1-4-28(5-2)26(31)20-14-16-29(17-15-20)27(32)22-13-9-12-21-23(30)18(3)24(33-25(21)22)19-10-7-6-8-11-19/h6-13,20H,4-5,14-17H2,1-3H3. The van der Waals surface area contributed by atoms with E-state index in [1.165, 1.54) is 0 Å². The second kappa shape index (κ2) is 9.61. The first-order valence-corrected chi connectivity index (χ1v) is 11.7. The van der Waals surface area contributed by atoms with Crippen LogP contribution in [-0.2, 0) is 4.79 Å². The van der Waals surface area contributed by atoms with Gasteiger partial charge in [0.25, 0.3) is 5.91 Å². The van der Waals surface area contributed by atoms with E-state index in [-0.39, 0.29) is 23.2 Å². The van der Waals surface area contributed by atoms with E-state index >= 15 is 0 Å². The molecule has 2 amide bonds. The van der Waals surface area contributed by atoms with E-state index in [1.54, 1.807) is 30.0 Å². The van der Waals surface area contributed by atoms with Crippen LogP contribution in [-0.4, -0.2) is 47.8 Å². The summed E-state index contributed by atoms with van der Waals surface area (Å²) in [5.74, 6) is 0.440. The number of carbonyl (C=O) groups excluding carboxylic acids is 2. The molecule has 2 heterocycles. The van der Waals surface area contributed by atoms with Crippen molar-refractivity contribution in [2.75, 3.05) is 26.2 Å². The van der Waals surface area contributed by atoms with E-state index in [0.717, 1.165) is 5.56 Å². The van der Waals surface area contributed by atoms with Crippen molar-refractivity contribution in [3.8, 4) is 11.3 Å². The number of benzene rings is 2. The number of para-hydroxylation sites is 1. The summed E-state index contributed by atoms with van der Waals surface area (Å²) in [6.07, 6.45) is 1.29. The second-order valence-corrected chi connectivity index (χ2v) is 8.51. The van der Waals surface area contributed by atoms with Crippen molar-refractivity contribution in [1.29, 1.82) is 0 Å². The van der Waals surface area contributed by atoms with Crippen molar-refractivity contribution >= 4 is 22.8 Å². The molecule has 1 aliphatic heterocycles. The Kier molecular flexibility index (Phi) is 6.63. The molecule has 6 nitrogen and oxygen atoms in total. The van der Waals surface area contributed by atoms with Gasteiger partial charge in [0.15, 0.2) is 11.0 Å². The summed E-state index contributed by atoms with van der Waals surface area (Å²) in [6, 6.07) is 14.6. The van der Waals surface area contributed by atoms with Crippen LogP contribution in [0.25, 0.3) is 22.3 Å². The molecule has 0 saturated carbocycles. The lowest BCUT2D eigenvalue weighted by Crippen LogP contribution is -2.44. The maximum atomic E-state index is 13.4. The predicted octanol–water partition coefficient (Wildman–Crippen LogP) is 4.49. The minimum absolute atomic E-state index is 0.0493. The molecule has 172 valence electrons. The maximum Gasteiger partial charge on any atom is 0.257 e. The van der Waals surface area contributed by atoms with E-state index in [2.05, 4.69) is 0 Å². The average Bonchev–Trinajstić information content (AvgIpc) is 2.86. The van der Waals surface area contributed by atoms with Crippen molar-refractivity contribution in [3.05, 3.63) is 69.9 Å². The summed E-state index contributed by atoms with van der Waals surface area (Å²) in [6.45, 7) is 8.14. The molecule has 33 heavy (non-hydrogen) atoms. The molecule has 4 rings (SSSR count). The van der Waals surface area contributed by atoms with E-state index in [0.29, 0.717) is 66.9 Å². The third-order valence-corrected chi connectivity index (χ3v) is 6.62. The Morgan fingerprint density at radius 2 is 1.67 bits per heavy atom. The number of piperidine rings is 1. The van der Waals surface area contributed by atoms with Crippen LogP contribution in [0.4, 0.5) is 0 Å². The summed E-state index contributed by atoms with van der Waals surface area (Å²) < 4.78 is 6.21. The fourth-order valence-corrected chi connectivity index (χ4v) is 4.64. The van der Waals surface area contributed by atoms with Crippen LogP contribution < -0.4 is 5.43 Å². The zero-order valence-corrected chi connectivity index (χ0v) is 19.5. The zero-order valence-electron chi connectivity index (χ0n) is 19.5. The number of carbonyl (C=O) groups is 2. The molecule has 0 atom stereocenters. The first-order valence-electron chi connectivity index (χ1n) is 11.7. The smallest absolute Gasteiger partial charge is 0.257 e.